The minimum absolute atomic E-state index is 0.0126. The number of hydrogen-bond donors (Lipinski definition) is 2. The van der Waals surface area contributed by atoms with Crippen LogP contribution in [0.4, 0.5) is 8.78 Å². The molecule has 1 saturated heterocycles. The normalized spacial score (nSPS) is 15.1. The highest BCUT2D eigenvalue weighted by atomic mass is 19.3. The zero-order valence-corrected chi connectivity index (χ0v) is 18.5. The third-order valence-electron chi connectivity index (χ3n) is 4.89. The lowest BCUT2D eigenvalue weighted by molar-refractivity contribution is -0.130. The number of likely N-dealkylation sites (tertiary alicyclic amines) is 1. The number of nitrogens with zero attached hydrogens (tertiary/aromatic N) is 2. The van der Waals surface area contributed by atoms with Crippen LogP contribution in [-0.4, -0.2) is 56.2 Å². The zero-order valence-electron chi connectivity index (χ0n) is 18.5. The Hall–Kier alpha value is -2.58. The smallest absolute Gasteiger partial charge is 0.387 e. The molecule has 0 atom stereocenters. The second kappa shape index (κ2) is 13.7. The molecule has 1 aliphatic heterocycles. The molecule has 1 aromatic rings. The summed E-state index contributed by atoms with van der Waals surface area (Å²) in [6, 6.07) is 5.02. The number of aliphatic imine (C=N–C) groups is 1. The molecule has 0 radical (unpaired) electrons. The minimum atomic E-state index is -2.95. The van der Waals surface area contributed by atoms with Crippen molar-refractivity contribution >= 4 is 11.9 Å². The molecule has 31 heavy (non-hydrogen) atoms. The number of hydrogen-bond acceptors (Lipinski definition) is 4. The van der Waals surface area contributed by atoms with Gasteiger partial charge in [0.1, 0.15) is 0 Å². The summed E-state index contributed by atoms with van der Waals surface area (Å²) in [7, 11) is 0. The molecule has 174 valence electrons. The molecule has 1 aromatic carbocycles. The maximum Gasteiger partial charge on any atom is 0.387 e. The molecule has 7 nitrogen and oxygen atoms in total. The van der Waals surface area contributed by atoms with E-state index < -0.39 is 6.61 Å². The van der Waals surface area contributed by atoms with Crippen molar-refractivity contribution in [2.24, 2.45) is 4.99 Å². The molecule has 0 aliphatic carbocycles. The number of benzene rings is 1. The summed E-state index contributed by atoms with van der Waals surface area (Å²) in [5.74, 6) is 1.10. The van der Waals surface area contributed by atoms with E-state index in [9.17, 15) is 13.6 Å². The summed E-state index contributed by atoms with van der Waals surface area (Å²) < 4.78 is 35.9. The Morgan fingerprint density at radius 3 is 2.81 bits per heavy atom. The van der Waals surface area contributed by atoms with Gasteiger partial charge < -0.3 is 25.0 Å². The number of nitrogens with one attached hydrogen (secondary N) is 2. The van der Waals surface area contributed by atoms with Crippen molar-refractivity contribution in [1.29, 1.82) is 0 Å². The highest BCUT2D eigenvalue weighted by Gasteiger charge is 2.17. The van der Waals surface area contributed by atoms with Crippen LogP contribution in [0.2, 0.25) is 0 Å². The van der Waals surface area contributed by atoms with E-state index in [1.807, 2.05) is 11.8 Å². The van der Waals surface area contributed by atoms with Crippen LogP contribution in [0.5, 0.6) is 11.5 Å². The highest BCUT2D eigenvalue weighted by Crippen LogP contribution is 2.33. The fourth-order valence-corrected chi connectivity index (χ4v) is 3.44. The number of carbonyl (C=O) groups excluding carboxylic acids is 1. The molecule has 0 saturated carbocycles. The van der Waals surface area contributed by atoms with E-state index in [1.54, 1.807) is 25.1 Å². The zero-order chi connectivity index (χ0) is 22.5. The van der Waals surface area contributed by atoms with Gasteiger partial charge in [-0.1, -0.05) is 18.6 Å². The maximum absolute atomic E-state index is 12.9. The molecule has 0 aromatic heterocycles. The quantitative estimate of drug-likeness (QED) is 0.313. The number of halogens is 2. The first-order valence-corrected chi connectivity index (χ1v) is 11.0. The van der Waals surface area contributed by atoms with Gasteiger partial charge in [-0.25, -0.2) is 4.99 Å². The Labute approximate surface area is 183 Å². The van der Waals surface area contributed by atoms with Crippen LogP contribution in [0.3, 0.4) is 0 Å². The topological polar surface area (TPSA) is 75.2 Å². The molecule has 9 heteroatoms. The van der Waals surface area contributed by atoms with Crippen molar-refractivity contribution in [1.82, 2.24) is 15.5 Å². The largest absolute Gasteiger partial charge is 0.490 e. The lowest BCUT2D eigenvalue weighted by atomic mass is 10.2. The third kappa shape index (κ3) is 8.59. The van der Waals surface area contributed by atoms with Gasteiger partial charge >= 0.3 is 6.61 Å². The standard InChI is InChI=1S/C22H34F2N4O3/c1-3-25-22(26-13-9-15-28-14-7-5-6-12-19(28)29)27-16-17-10-8-11-18(30-4-2)20(17)31-21(23)24/h8,10-11,21H,3-7,9,12-16H2,1-2H3,(H2,25,26,27). The first-order valence-electron chi connectivity index (χ1n) is 11.0. The molecular formula is C22H34F2N4O3. The van der Waals surface area contributed by atoms with Crippen molar-refractivity contribution in [3.63, 3.8) is 0 Å². The van der Waals surface area contributed by atoms with Crippen LogP contribution >= 0.6 is 0 Å². The van der Waals surface area contributed by atoms with Crippen LogP contribution in [0.25, 0.3) is 0 Å². The molecule has 1 fully saturated rings. The molecule has 0 unspecified atom stereocenters. The van der Waals surface area contributed by atoms with Crippen molar-refractivity contribution in [2.75, 3.05) is 32.8 Å². The number of amides is 1. The van der Waals surface area contributed by atoms with E-state index in [-0.39, 0.29) is 24.0 Å². The van der Waals surface area contributed by atoms with Gasteiger partial charge in [-0.05, 0) is 39.2 Å². The Balaban J connectivity index is 1.96. The summed E-state index contributed by atoms with van der Waals surface area (Å²) in [5.41, 5.74) is 0.513. The van der Waals surface area contributed by atoms with Gasteiger partial charge in [0.05, 0.1) is 13.2 Å². The maximum atomic E-state index is 12.9. The SMILES string of the molecule is CCNC(=NCc1cccc(OCC)c1OC(F)F)NCCCN1CCCCCC1=O. The number of ether oxygens (including phenoxy) is 2. The predicted octanol–water partition coefficient (Wildman–Crippen LogP) is 3.53. The van der Waals surface area contributed by atoms with E-state index in [4.69, 9.17) is 9.47 Å². The molecule has 0 spiro atoms. The Morgan fingerprint density at radius 1 is 1.23 bits per heavy atom. The lowest BCUT2D eigenvalue weighted by Gasteiger charge is -2.21. The van der Waals surface area contributed by atoms with E-state index in [0.29, 0.717) is 44.2 Å². The fourth-order valence-electron chi connectivity index (χ4n) is 3.44. The summed E-state index contributed by atoms with van der Waals surface area (Å²) in [5, 5.41) is 6.39. The summed E-state index contributed by atoms with van der Waals surface area (Å²) >= 11 is 0. The number of carbonyl (C=O) groups is 1. The molecule has 1 heterocycles. The number of para-hydroxylation sites is 1. The summed E-state index contributed by atoms with van der Waals surface area (Å²) in [4.78, 5) is 18.5. The first-order chi connectivity index (χ1) is 15.0. The number of alkyl halides is 2. The van der Waals surface area contributed by atoms with Crippen LogP contribution in [0.1, 0.15) is 51.5 Å². The van der Waals surface area contributed by atoms with Gasteiger partial charge in [-0.2, -0.15) is 8.78 Å². The van der Waals surface area contributed by atoms with Crippen LogP contribution < -0.4 is 20.1 Å². The summed E-state index contributed by atoms with van der Waals surface area (Å²) in [6.07, 6.45) is 4.59. The van der Waals surface area contributed by atoms with E-state index in [1.165, 1.54) is 0 Å². The Bertz CT molecular complexity index is 716. The lowest BCUT2D eigenvalue weighted by Crippen LogP contribution is -2.39. The third-order valence-corrected chi connectivity index (χ3v) is 4.89. The van der Waals surface area contributed by atoms with Crippen molar-refractivity contribution in [3.8, 4) is 11.5 Å². The average Bonchev–Trinajstić information content (AvgIpc) is 2.95. The van der Waals surface area contributed by atoms with Gasteiger partial charge in [0.15, 0.2) is 17.5 Å². The van der Waals surface area contributed by atoms with Gasteiger partial charge in [0.25, 0.3) is 0 Å². The van der Waals surface area contributed by atoms with Gasteiger partial charge in [-0.3, -0.25) is 4.79 Å². The summed E-state index contributed by atoms with van der Waals surface area (Å²) in [6.45, 7) is 4.14. The monoisotopic (exact) mass is 440 g/mol. The fraction of sp³-hybridized carbons (Fsp3) is 0.636. The Morgan fingerprint density at radius 2 is 2.06 bits per heavy atom. The minimum Gasteiger partial charge on any atom is -0.490 e. The van der Waals surface area contributed by atoms with Crippen molar-refractivity contribution in [2.45, 2.75) is 59.1 Å². The van der Waals surface area contributed by atoms with Gasteiger partial charge in [0, 0.05) is 38.2 Å². The molecule has 0 bridgehead atoms. The number of guanidine groups is 1. The average molecular weight is 441 g/mol. The molecule has 1 aliphatic rings. The van der Waals surface area contributed by atoms with E-state index in [0.717, 1.165) is 32.2 Å². The van der Waals surface area contributed by atoms with E-state index >= 15 is 0 Å². The van der Waals surface area contributed by atoms with Crippen LogP contribution in [0.15, 0.2) is 23.2 Å². The second-order valence-corrected chi connectivity index (χ2v) is 7.22. The molecule has 1 amide bonds. The molecular weight excluding hydrogens is 406 g/mol. The van der Waals surface area contributed by atoms with Crippen LogP contribution in [0, 0.1) is 0 Å². The Kier molecular flexibility index (Phi) is 10.9. The molecule has 2 rings (SSSR count). The van der Waals surface area contributed by atoms with Crippen molar-refractivity contribution < 1.29 is 23.0 Å². The van der Waals surface area contributed by atoms with Gasteiger partial charge in [0.2, 0.25) is 5.91 Å². The van der Waals surface area contributed by atoms with Crippen molar-refractivity contribution in [3.05, 3.63) is 23.8 Å². The van der Waals surface area contributed by atoms with E-state index in [2.05, 4.69) is 15.6 Å². The highest BCUT2D eigenvalue weighted by molar-refractivity contribution is 5.79. The first kappa shape index (κ1) is 24.7. The predicted molar refractivity (Wildman–Crippen MR) is 117 cm³/mol. The van der Waals surface area contributed by atoms with Crippen LogP contribution in [-0.2, 0) is 11.3 Å². The van der Waals surface area contributed by atoms with Gasteiger partial charge in [-0.15, -0.1) is 0 Å². The number of rotatable bonds is 11. The second-order valence-electron chi connectivity index (χ2n) is 7.22. The molecule has 2 N–H and O–H groups in total.